The molecule has 0 N–H and O–H groups in total. The van der Waals surface area contributed by atoms with Crippen molar-refractivity contribution in [3.8, 4) is 5.75 Å². The number of carbonyl (C=O) groups excluding carboxylic acids is 4. The molecule has 9 heteroatoms. The molecular formula is C28H24N2O6S. The van der Waals surface area contributed by atoms with Gasteiger partial charge in [0.15, 0.2) is 6.04 Å². The van der Waals surface area contributed by atoms with Crippen molar-refractivity contribution in [3.05, 3.63) is 101 Å². The summed E-state index contributed by atoms with van der Waals surface area (Å²) in [6, 6.07) is 21.1. The van der Waals surface area contributed by atoms with Gasteiger partial charge in [0.1, 0.15) is 23.8 Å². The Hall–Kier alpha value is -4.11. The van der Waals surface area contributed by atoms with E-state index < -0.39 is 41.1 Å². The molecule has 188 valence electrons. The number of benzene rings is 3. The molecule has 1 fully saturated rings. The van der Waals surface area contributed by atoms with E-state index in [1.807, 2.05) is 30.3 Å². The van der Waals surface area contributed by atoms with Gasteiger partial charge in [0, 0.05) is 0 Å². The number of thioether (sulfide) groups is 1. The van der Waals surface area contributed by atoms with E-state index in [1.54, 1.807) is 54.8 Å². The molecule has 3 aromatic rings. The molecule has 2 aliphatic rings. The van der Waals surface area contributed by atoms with Crippen molar-refractivity contribution >= 4 is 35.5 Å². The van der Waals surface area contributed by atoms with Gasteiger partial charge in [-0.1, -0.05) is 54.6 Å². The Morgan fingerprint density at radius 3 is 2.05 bits per heavy atom. The maximum Gasteiger partial charge on any atom is 0.333 e. The van der Waals surface area contributed by atoms with E-state index in [9.17, 15) is 19.2 Å². The summed E-state index contributed by atoms with van der Waals surface area (Å²) in [5.41, 5.74) is 2.10. The molecule has 0 spiro atoms. The van der Waals surface area contributed by atoms with Crippen LogP contribution in [0, 0.1) is 0 Å². The number of β-lactam (4-membered cyclic amide) rings is 1. The molecule has 0 radical (unpaired) electrons. The topological polar surface area (TPSA) is 93.2 Å². The van der Waals surface area contributed by atoms with Crippen molar-refractivity contribution in [3.63, 3.8) is 0 Å². The van der Waals surface area contributed by atoms with Crippen LogP contribution >= 0.6 is 11.8 Å². The summed E-state index contributed by atoms with van der Waals surface area (Å²) in [5.74, 6) is -1.52. The standard InChI is InChI=1S/C28H24N2O6S/c1-35-28(34)22(18-12-14-19(15-13-18)36-16-17-8-4-3-5-9-17)30-26(33)23(27(30)37-2)29-24(31)20-10-6-7-11-21(20)25(29)32/h3-15,22-23,27H,16H2,1-2H3. The number of ether oxygens (including phenoxy) is 2. The zero-order chi connectivity index (χ0) is 26.1. The molecule has 0 aromatic heterocycles. The average molecular weight is 517 g/mol. The van der Waals surface area contributed by atoms with Crippen molar-refractivity contribution < 1.29 is 28.7 Å². The molecule has 0 aliphatic carbocycles. The van der Waals surface area contributed by atoms with E-state index >= 15 is 0 Å². The molecule has 5 rings (SSSR count). The molecule has 3 amide bonds. The summed E-state index contributed by atoms with van der Waals surface area (Å²) in [5, 5.41) is -0.618. The van der Waals surface area contributed by atoms with E-state index in [-0.39, 0.29) is 11.1 Å². The van der Waals surface area contributed by atoms with E-state index in [2.05, 4.69) is 0 Å². The summed E-state index contributed by atoms with van der Waals surface area (Å²) >= 11 is 1.29. The summed E-state index contributed by atoms with van der Waals surface area (Å²) < 4.78 is 10.9. The van der Waals surface area contributed by atoms with Crippen LogP contribution < -0.4 is 4.74 Å². The third-order valence-corrected chi connectivity index (χ3v) is 7.51. The maximum atomic E-state index is 13.5. The average Bonchev–Trinajstić information content (AvgIpc) is 3.18. The van der Waals surface area contributed by atoms with Crippen molar-refractivity contribution in [2.75, 3.05) is 13.4 Å². The lowest BCUT2D eigenvalue weighted by Crippen LogP contribution is -2.71. The number of rotatable bonds is 8. The molecule has 3 atom stereocenters. The Labute approximate surface area is 218 Å². The molecule has 2 aliphatic heterocycles. The highest BCUT2D eigenvalue weighted by Crippen LogP contribution is 2.42. The van der Waals surface area contributed by atoms with E-state index in [1.165, 1.54) is 23.8 Å². The van der Waals surface area contributed by atoms with Gasteiger partial charge in [-0.3, -0.25) is 19.3 Å². The summed E-state index contributed by atoms with van der Waals surface area (Å²) in [7, 11) is 1.26. The maximum absolute atomic E-state index is 13.5. The van der Waals surface area contributed by atoms with Gasteiger partial charge in [-0.2, -0.15) is 0 Å². The van der Waals surface area contributed by atoms with Gasteiger partial charge in [0.05, 0.1) is 18.2 Å². The number of imide groups is 1. The first-order valence-corrected chi connectivity index (χ1v) is 12.9. The van der Waals surface area contributed by atoms with Crippen LogP contribution in [0.2, 0.25) is 0 Å². The molecule has 37 heavy (non-hydrogen) atoms. The second-order valence-corrected chi connectivity index (χ2v) is 9.57. The zero-order valence-electron chi connectivity index (χ0n) is 20.2. The zero-order valence-corrected chi connectivity index (χ0v) is 21.0. The molecule has 8 nitrogen and oxygen atoms in total. The van der Waals surface area contributed by atoms with E-state index in [0.717, 1.165) is 10.5 Å². The van der Waals surface area contributed by atoms with Gasteiger partial charge in [0.25, 0.3) is 17.7 Å². The highest BCUT2D eigenvalue weighted by Gasteiger charge is 2.59. The molecule has 0 bridgehead atoms. The van der Waals surface area contributed by atoms with Crippen LogP contribution in [0.15, 0.2) is 78.9 Å². The number of nitrogens with zero attached hydrogens (tertiary/aromatic N) is 2. The minimum absolute atomic E-state index is 0.272. The quantitative estimate of drug-likeness (QED) is 0.256. The van der Waals surface area contributed by atoms with Gasteiger partial charge in [-0.25, -0.2) is 4.79 Å². The Morgan fingerprint density at radius 1 is 0.892 bits per heavy atom. The smallest absolute Gasteiger partial charge is 0.333 e. The fourth-order valence-corrected chi connectivity index (χ4v) is 5.64. The third kappa shape index (κ3) is 4.25. The van der Waals surface area contributed by atoms with Gasteiger partial charge in [-0.15, -0.1) is 11.8 Å². The molecule has 3 aromatic carbocycles. The number of carbonyl (C=O) groups is 4. The predicted octanol–water partition coefficient (Wildman–Crippen LogP) is 3.68. The fourth-order valence-electron chi connectivity index (χ4n) is 4.69. The number of esters is 1. The van der Waals surface area contributed by atoms with Crippen LogP contribution in [-0.2, 0) is 20.9 Å². The van der Waals surface area contributed by atoms with Crippen LogP contribution in [-0.4, -0.2) is 58.3 Å². The largest absolute Gasteiger partial charge is 0.489 e. The van der Waals surface area contributed by atoms with Crippen molar-refractivity contribution in [1.29, 1.82) is 0 Å². The Kier molecular flexibility index (Phi) is 6.71. The molecular weight excluding hydrogens is 492 g/mol. The van der Waals surface area contributed by atoms with Crippen molar-refractivity contribution in [2.24, 2.45) is 0 Å². The number of methoxy groups -OCH3 is 1. The first-order chi connectivity index (χ1) is 18.0. The second kappa shape index (κ2) is 10.1. The number of fused-ring (bicyclic) bond motifs is 1. The fraction of sp³-hybridized carbons (Fsp3) is 0.214. The summed E-state index contributed by atoms with van der Waals surface area (Å²) in [6.07, 6.45) is 1.77. The van der Waals surface area contributed by atoms with Crippen LogP contribution in [0.4, 0.5) is 0 Å². The highest BCUT2D eigenvalue weighted by molar-refractivity contribution is 7.99. The van der Waals surface area contributed by atoms with E-state index in [4.69, 9.17) is 9.47 Å². The van der Waals surface area contributed by atoms with Gasteiger partial charge < -0.3 is 14.4 Å². The SMILES string of the molecule is COC(=O)C(c1ccc(OCc2ccccc2)cc1)N1C(=O)C(N2C(=O)c3ccccc3C2=O)C1SC. The molecule has 3 unspecified atom stereocenters. The Balaban J connectivity index is 1.37. The predicted molar refractivity (Wildman–Crippen MR) is 137 cm³/mol. The second-order valence-electron chi connectivity index (χ2n) is 8.61. The van der Waals surface area contributed by atoms with Gasteiger partial charge in [-0.05, 0) is 41.6 Å². The minimum Gasteiger partial charge on any atom is -0.489 e. The normalized spacial score (nSPS) is 19.4. The molecule has 2 heterocycles. The van der Waals surface area contributed by atoms with Gasteiger partial charge >= 0.3 is 5.97 Å². The monoisotopic (exact) mass is 516 g/mol. The lowest BCUT2D eigenvalue weighted by molar-refractivity contribution is -0.165. The third-order valence-electron chi connectivity index (χ3n) is 6.54. The molecule has 0 saturated carbocycles. The number of amides is 3. The van der Waals surface area contributed by atoms with Crippen molar-refractivity contribution in [2.45, 2.75) is 24.1 Å². The van der Waals surface area contributed by atoms with Gasteiger partial charge in [0.2, 0.25) is 0 Å². The number of likely N-dealkylation sites (tertiary alicyclic amines) is 1. The van der Waals surface area contributed by atoms with Crippen molar-refractivity contribution in [1.82, 2.24) is 9.80 Å². The number of hydrogen-bond donors (Lipinski definition) is 0. The highest BCUT2D eigenvalue weighted by atomic mass is 32.2. The Morgan fingerprint density at radius 2 is 1.49 bits per heavy atom. The summed E-state index contributed by atoms with van der Waals surface area (Å²) in [6.45, 7) is 0.391. The first kappa shape index (κ1) is 24.6. The van der Waals surface area contributed by atoms with E-state index in [0.29, 0.717) is 17.9 Å². The van der Waals surface area contributed by atoms with Crippen LogP contribution in [0.3, 0.4) is 0 Å². The lowest BCUT2D eigenvalue weighted by Gasteiger charge is -2.51. The van der Waals surface area contributed by atoms with Crippen LogP contribution in [0.5, 0.6) is 5.75 Å². The minimum atomic E-state index is -1.04. The number of hydrogen-bond acceptors (Lipinski definition) is 7. The first-order valence-electron chi connectivity index (χ1n) is 11.6. The van der Waals surface area contributed by atoms with Crippen LogP contribution in [0.25, 0.3) is 0 Å². The lowest BCUT2D eigenvalue weighted by atomic mass is 9.96. The Bertz CT molecular complexity index is 1330. The molecule has 1 saturated heterocycles. The summed E-state index contributed by atoms with van der Waals surface area (Å²) in [4.78, 5) is 54.7. The van der Waals surface area contributed by atoms with Crippen LogP contribution in [0.1, 0.15) is 37.9 Å².